The van der Waals surface area contributed by atoms with Crippen LogP contribution in [0.5, 0.6) is 5.75 Å². The van der Waals surface area contributed by atoms with Gasteiger partial charge in [-0.05, 0) is 50.1 Å². The van der Waals surface area contributed by atoms with Gasteiger partial charge in [-0.25, -0.2) is 4.68 Å². The largest absolute Gasteiger partial charge is 0.497 e. The van der Waals surface area contributed by atoms with E-state index in [0.29, 0.717) is 12.8 Å². The van der Waals surface area contributed by atoms with E-state index in [0.717, 1.165) is 36.4 Å². The molecule has 1 saturated carbocycles. The molecule has 144 valence electrons. The van der Waals surface area contributed by atoms with Crippen molar-refractivity contribution in [1.82, 2.24) is 15.1 Å². The number of hydrogen-bond acceptors (Lipinski definition) is 4. The van der Waals surface area contributed by atoms with Crippen molar-refractivity contribution in [2.24, 2.45) is 5.41 Å². The van der Waals surface area contributed by atoms with Crippen LogP contribution < -0.4 is 10.1 Å². The molecule has 27 heavy (non-hydrogen) atoms. The number of aromatic nitrogens is 2. The first-order valence-corrected chi connectivity index (χ1v) is 9.18. The Morgan fingerprint density at radius 1 is 1.22 bits per heavy atom. The monoisotopic (exact) mass is 371 g/mol. The minimum absolute atomic E-state index is 0.135. The fourth-order valence-electron chi connectivity index (χ4n) is 3.61. The van der Waals surface area contributed by atoms with Crippen molar-refractivity contribution >= 4 is 11.9 Å². The van der Waals surface area contributed by atoms with Crippen LogP contribution in [0, 0.1) is 12.3 Å². The highest BCUT2D eigenvalue weighted by molar-refractivity contribution is 5.92. The highest BCUT2D eigenvalue weighted by Crippen LogP contribution is 2.36. The van der Waals surface area contributed by atoms with Gasteiger partial charge in [0.25, 0.3) is 5.91 Å². The Labute approximate surface area is 158 Å². The molecular formula is C20H25N3O4. The van der Waals surface area contributed by atoms with Gasteiger partial charge in [-0.1, -0.05) is 19.3 Å². The third-order valence-corrected chi connectivity index (χ3v) is 5.29. The van der Waals surface area contributed by atoms with Gasteiger partial charge in [-0.2, -0.15) is 5.10 Å². The molecule has 0 unspecified atom stereocenters. The molecule has 0 bridgehead atoms. The van der Waals surface area contributed by atoms with Crippen molar-refractivity contribution in [1.29, 1.82) is 0 Å². The summed E-state index contributed by atoms with van der Waals surface area (Å²) in [6.45, 7) is 2.00. The number of aliphatic carboxylic acids is 1. The minimum Gasteiger partial charge on any atom is -0.497 e. The second-order valence-electron chi connectivity index (χ2n) is 7.11. The number of ether oxygens (including phenoxy) is 1. The SMILES string of the molecule is COc1ccc(-n2nc(C(=O)NCC3(C(=O)O)CCCCC3)cc2C)cc1. The van der Waals surface area contributed by atoms with Gasteiger partial charge in [0.2, 0.25) is 0 Å². The Kier molecular flexibility index (Phi) is 5.48. The number of carbonyl (C=O) groups is 2. The Morgan fingerprint density at radius 3 is 2.48 bits per heavy atom. The zero-order valence-electron chi connectivity index (χ0n) is 15.7. The molecule has 7 heteroatoms. The van der Waals surface area contributed by atoms with E-state index >= 15 is 0 Å². The second-order valence-corrected chi connectivity index (χ2v) is 7.11. The number of carboxylic acid groups (broad SMARTS) is 1. The van der Waals surface area contributed by atoms with Crippen LogP contribution in [0.1, 0.15) is 48.3 Å². The lowest BCUT2D eigenvalue weighted by Gasteiger charge is -2.33. The molecule has 1 aromatic heterocycles. The van der Waals surface area contributed by atoms with E-state index in [2.05, 4.69) is 10.4 Å². The predicted octanol–water partition coefficient (Wildman–Crippen LogP) is 2.95. The lowest BCUT2D eigenvalue weighted by atomic mass is 9.74. The van der Waals surface area contributed by atoms with Crippen molar-refractivity contribution in [2.45, 2.75) is 39.0 Å². The first kappa shape index (κ1) is 18.9. The highest BCUT2D eigenvalue weighted by atomic mass is 16.5. The van der Waals surface area contributed by atoms with Crippen molar-refractivity contribution < 1.29 is 19.4 Å². The number of nitrogens with zero attached hydrogens (tertiary/aromatic N) is 2. The van der Waals surface area contributed by atoms with E-state index in [1.54, 1.807) is 17.9 Å². The summed E-state index contributed by atoms with van der Waals surface area (Å²) in [7, 11) is 1.60. The third kappa shape index (κ3) is 3.97. The van der Waals surface area contributed by atoms with Gasteiger partial charge in [-0.3, -0.25) is 9.59 Å². The highest BCUT2D eigenvalue weighted by Gasteiger charge is 2.40. The number of carbonyl (C=O) groups excluding carboxylic acids is 1. The Morgan fingerprint density at radius 2 is 1.89 bits per heavy atom. The molecule has 1 aromatic carbocycles. The average molecular weight is 371 g/mol. The van der Waals surface area contributed by atoms with E-state index in [-0.39, 0.29) is 18.1 Å². The lowest BCUT2D eigenvalue weighted by Crippen LogP contribution is -2.44. The molecular weight excluding hydrogens is 346 g/mol. The van der Waals surface area contributed by atoms with Gasteiger partial charge in [-0.15, -0.1) is 0 Å². The van der Waals surface area contributed by atoms with Crippen LogP contribution in [-0.2, 0) is 4.79 Å². The molecule has 1 aliphatic rings. The van der Waals surface area contributed by atoms with Crippen LogP contribution in [0.25, 0.3) is 5.69 Å². The fraction of sp³-hybridized carbons (Fsp3) is 0.450. The molecule has 1 fully saturated rings. The van der Waals surface area contributed by atoms with Crippen LogP contribution >= 0.6 is 0 Å². The molecule has 1 aliphatic carbocycles. The van der Waals surface area contributed by atoms with Crippen LogP contribution in [0.2, 0.25) is 0 Å². The summed E-state index contributed by atoms with van der Waals surface area (Å²) >= 11 is 0. The van der Waals surface area contributed by atoms with Crippen molar-refractivity contribution in [3.05, 3.63) is 41.7 Å². The topological polar surface area (TPSA) is 93.5 Å². The minimum atomic E-state index is -0.860. The smallest absolute Gasteiger partial charge is 0.311 e. The van der Waals surface area contributed by atoms with Crippen molar-refractivity contribution in [3.63, 3.8) is 0 Å². The van der Waals surface area contributed by atoms with Crippen LogP contribution in [-0.4, -0.2) is 40.4 Å². The molecule has 3 rings (SSSR count). The maximum Gasteiger partial charge on any atom is 0.311 e. The summed E-state index contributed by atoms with van der Waals surface area (Å²) in [5.74, 6) is -0.438. The quantitative estimate of drug-likeness (QED) is 0.814. The summed E-state index contributed by atoms with van der Waals surface area (Å²) in [5, 5.41) is 16.8. The van der Waals surface area contributed by atoms with E-state index in [4.69, 9.17) is 4.74 Å². The summed E-state index contributed by atoms with van der Waals surface area (Å²) in [6, 6.07) is 9.09. The molecule has 2 aromatic rings. The van der Waals surface area contributed by atoms with Crippen molar-refractivity contribution in [3.8, 4) is 11.4 Å². The zero-order valence-corrected chi connectivity index (χ0v) is 15.7. The van der Waals surface area contributed by atoms with Gasteiger partial charge in [0.15, 0.2) is 5.69 Å². The molecule has 0 radical (unpaired) electrons. The fourth-order valence-corrected chi connectivity index (χ4v) is 3.61. The van der Waals surface area contributed by atoms with Crippen LogP contribution in [0.4, 0.5) is 0 Å². The summed E-state index contributed by atoms with van der Waals surface area (Å²) < 4.78 is 6.84. The molecule has 1 heterocycles. The molecule has 0 atom stereocenters. The van der Waals surface area contributed by atoms with Gasteiger partial charge < -0.3 is 15.2 Å². The number of nitrogens with one attached hydrogen (secondary N) is 1. The lowest BCUT2D eigenvalue weighted by molar-refractivity contribution is -0.150. The zero-order chi connectivity index (χ0) is 19.4. The molecule has 0 saturated heterocycles. The summed E-state index contributed by atoms with van der Waals surface area (Å²) in [4.78, 5) is 24.3. The number of carboxylic acids is 1. The van der Waals surface area contributed by atoms with Gasteiger partial charge in [0.1, 0.15) is 5.75 Å². The van der Waals surface area contributed by atoms with E-state index < -0.39 is 11.4 Å². The van der Waals surface area contributed by atoms with Crippen LogP contribution in [0.3, 0.4) is 0 Å². The maximum atomic E-state index is 12.5. The van der Waals surface area contributed by atoms with E-state index in [1.165, 1.54) is 0 Å². The van der Waals surface area contributed by atoms with Gasteiger partial charge >= 0.3 is 5.97 Å². The van der Waals surface area contributed by atoms with Gasteiger partial charge in [0.05, 0.1) is 18.2 Å². The predicted molar refractivity (Wildman–Crippen MR) is 100 cm³/mol. The average Bonchev–Trinajstić information content (AvgIpc) is 3.08. The number of rotatable bonds is 6. The third-order valence-electron chi connectivity index (χ3n) is 5.29. The van der Waals surface area contributed by atoms with Crippen molar-refractivity contribution in [2.75, 3.05) is 13.7 Å². The Balaban J connectivity index is 1.72. The number of aryl methyl sites for hydroxylation is 1. The number of amides is 1. The van der Waals surface area contributed by atoms with E-state index in [9.17, 15) is 14.7 Å². The normalized spacial score (nSPS) is 15.9. The summed E-state index contributed by atoms with van der Waals surface area (Å²) in [5.41, 5.74) is 1.05. The number of hydrogen-bond donors (Lipinski definition) is 2. The van der Waals surface area contributed by atoms with E-state index in [1.807, 2.05) is 31.2 Å². The standard InChI is InChI=1S/C20H25N3O4/c1-14-12-17(22-23(14)15-6-8-16(27-2)9-7-15)18(24)21-13-20(19(25)26)10-4-3-5-11-20/h6-9,12H,3-5,10-11,13H2,1-2H3,(H,21,24)(H,25,26). The first-order valence-electron chi connectivity index (χ1n) is 9.18. The molecule has 1 amide bonds. The Bertz CT molecular complexity index is 820. The molecule has 7 nitrogen and oxygen atoms in total. The number of benzene rings is 1. The maximum absolute atomic E-state index is 12.5. The summed E-state index contributed by atoms with van der Waals surface area (Å²) in [6.07, 6.45) is 4.01. The van der Waals surface area contributed by atoms with Gasteiger partial charge in [0, 0.05) is 12.2 Å². The first-order chi connectivity index (χ1) is 12.9. The Hall–Kier alpha value is -2.83. The second kappa shape index (κ2) is 7.82. The molecule has 0 aliphatic heterocycles. The number of methoxy groups -OCH3 is 1. The molecule has 0 spiro atoms. The van der Waals surface area contributed by atoms with Crippen LogP contribution in [0.15, 0.2) is 30.3 Å². The molecule has 2 N–H and O–H groups in total.